The molecule has 4 nitrogen and oxygen atoms in total. The van der Waals surface area contributed by atoms with Gasteiger partial charge < -0.3 is 5.73 Å². The number of piperidine rings is 1. The van der Waals surface area contributed by atoms with Crippen LogP contribution >= 0.6 is 23.2 Å². The molecule has 18 heavy (non-hydrogen) atoms. The van der Waals surface area contributed by atoms with E-state index in [4.69, 9.17) is 28.9 Å². The largest absolute Gasteiger partial charge is 0.326 e. The van der Waals surface area contributed by atoms with E-state index < -0.39 is 5.92 Å². The van der Waals surface area contributed by atoms with Crippen LogP contribution in [0.3, 0.4) is 0 Å². The van der Waals surface area contributed by atoms with Crippen LogP contribution < -0.4 is 11.1 Å². The predicted molar refractivity (Wildman–Crippen MR) is 69.5 cm³/mol. The molecule has 2 amide bonds. The molecule has 1 aliphatic rings. The molecule has 0 aliphatic carbocycles. The van der Waals surface area contributed by atoms with E-state index in [1.807, 2.05) is 0 Å². The molecule has 1 fully saturated rings. The minimum atomic E-state index is -0.477. The highest BCUT2D eigenvalue weighted by molar-refractivity contribution is 6.36. The molecule has 1 atom stereocenters. The number of rotatable bonds is 2. The SMILES string of the molecule is NCc1cc(Cl)c(C2CCC(=O)NC2=O)c(Cl)c1. The molecule has 0 saturated carbocycles. The van der Waals surface area contributed by atoms with Gasteiger partial charge in [0.15, 0.2) is 0 Å². The summed E-state index contributed by atoms with van der Waals surface area (Å²) in [5.41, 5.74) is 6.90. The summed E-state index contributed by atoms with van der Waals surface area (Å²) in [6.45, 7) is 0.328. The van der Waals surface area contributed by atoms with E-state index in [1.165, 1.54) is 0 Å². The van der Waals surface area contributed by atoms with Crippen LogP contribution in [0.15, 0.2) is 12.1 Å². The lowest BCUT2D eigenvalue weighted by Crippen LogP contribution is -2.39. The molecule has 1 unspecified atom stereocenters. The Hall–Kier alpha value is -1.10. The molecule has 3 N–H and O–H groups in total. The highest BCUT2D eigenvalue weighted by Crippen LogP contribution is 2.36. The highest BCUT2D eigenvalue weighted by Gasteiger charge is 2.31. The third-order valence-corrected chi connectivity index (χ3v) is 3.59. The van der Waals surface area contributed by atoms with E-state index in [0.717, 1.165) is 5.56 Å². The summed E-state index contributed by atoms with van der Waals surface area (Å²) in [5, 5.41) is 3.12. The molecule has 0 bridgehead atoms. The second kappa shape index (κ2) is 5.26. The Morgan fingerprint density at radius 1 is 1.28 bits per heavy atom. The number of amides is 2. The lowest BCUT2D eigenvalue weighted by molar-refractivity contribution is -0.134. The Kier molecular flexibility index (Phi) is 3.90. The molecule has 2 rings (SSSR count). The van der Waals surface area contributed by atoms with Crippen molar-refractivity contribution in [2.24, 2.45) is 5.73 Å². The Labute approximate surface area is 114 Å². The smallest absolute Gasteiger partial charge is 0.234 e. The molecule has 0 spiro atoms. The fourth-order valence-electron chi connectivity index (χ4n) is 2.06. The highest BCUT2D eigenvalue weighted by atomic mass is 35.5. The molecule has 1 aromatic carbocycles. The summed E-state index contributed by atoms with van der Waals surface area (Å²) in [7, 11) is 0. The number of hydrogen-bond donors (Lipinski definition) is 2. The zero-order valence-corrected chi connectivity index (χ0v) is 11.0. The maximum atomic E-state index is 11.8. The lowest BCUT2D eigenvalue weighted by atomic mass is 9.90. The number of hydrogen-bond acceptors (Lipinski definition) is 3. The zero-order valence-electron chi connectivity index (χ0n) is 9.50. The number of carbonyl (C=O) groups is 2. The molecule has 1 aromatic rings. The van der Waals surface area contributed by atoms with Crippen molar-refractivity contribution in [3.8, 4) is 0 Å². The van der Waals surface area contributed by atoms with E-state index in [0.29, 0.717) is 35.0 Å². The van der Waals surface area contributed by atoms with Crippen molar-refractivity contribution >= 4 is 35.0 Å². The molecule has 1 saturated heterocycles. The van der Waals surface area contributed by atoms with Crippen LogP contribution in [0.5, 0.6) is 0 Å². The van der Waals surface area contributed by atoms with Crippen LogP contribution in [0.4, 0.5) is 0 Å². The summed E-state index contributed by atoms with van der Waals surface area (Å²) >= 11 is 12.3. The first kappa shape index (κ1) is 13.3. The second-order valence-electron chi connectivity index (χ2n) is 4.18. The van der Waals surface area contributed by atoms with Crippen LogP contribution in [0.2, 0.25) is 10.0 Å². The molecule has 6 heteroatoms. The monoisotopic (exact) mass is 286 g/mol. The van der Waals surface area contributed by atoms with Gasteiger partial charge in [-0.2, -0.15) is 0 Å². The van der Waals surface area contributed by atoms with Crippen molar-refractivity contribution in [1.82, 2.24) is 5.32 Å². The van der Waals surface area contributed by atoms with Gasteiger partial charge in [0.2, 0.25) is 11.8 Å². The first-order chi connectivity index (χ1) is 8.52. The van der Waals surface area contributed by atoms with Crippen LogP contribution in [0.1, 0.15) is 29.9 Å². The van der Waals surface area contributed by atoms with Crippen LogP contribution in [0, 0.1) is 0 Å². The van der Waals surface area contributed by atoms with Crippen LogP contribution in [-0.4, -0.2) is 11.8 Å². The quantitative estimate of drug-likeness (QED) is 0.817. The Balaban J connectivity index is 2.39. The normalized spacial score (nSPS) is 19.8. The van der Waals surface area contributed by atoms with Crippen molar-refractivity contribution in [2.45, 2.75) is 25.3 Å². The van der Waals surface area contributed by atoms with Gasteiger partial charge >= 0.3 is 0 Å². The Morgan fingerprint density at radius 3 is 2.39 bits per heavy atom. The number of nitrogens with two attached hydrogens (primary N) is 1. The molecule has 96 valence electrons. The maximum Gasteiger partial charge on any atom is 0.234 e. The van der Waals surface area contributed by atoms with Crippen LogP contribution in [-0.2, 0) is 16.1 Å². The summed E-state index contributed by atoms with van der Waals surface area (Å²) in [4.78, 5) is 22.9. The fraction of sp³-hybridized carbons (Fsp3) is 0.333. The van der Waals surface area contributed by atoms with Crippen molar-refractivity contribution in [1.29, 1.82) is 0 Å². The number of halogens is 2. The molecule has 1 heterocycles. The molecular weight excluding hydrogens is 275 g/mol. The number of nitrogens with one attached hydrogen (secondary N) is 1. The number of carbonyl (C=O) groups excluding carboxylic acids is 2. The Bertz CT molecular complexity index is 494. The van der Waals surface area contributed by atoms with Gasteiger partial charge in [-0.15, -0.1) is 0 Å². The molecule has 1 aliphatic heterocycles. The van der Waals surface area contributed by atoms with Crippen molar-refractivity contribution in [3.05, 3.63) is 33.3 Å². The summed E-state index contributed by atoms with van der Waals surface area (Å²) in [6, 6.07) is 3.40. The Morgan fingerprint density at radius 2 is 1.89 bits per heavy atom. The third kappa shape index (κ3) is 2.51. The van der Waals surface area contributed by atoms with Crippen molar-refractivity contribution in [2.75, 3.05) is 0 Å². The van der Waals surface area contributed by atoms with Gasteiger partial charge in [0.1, 0.15) is 0 Å². The standard InChI is InChI=1S/C12H12Cl2N2O2/c13-8-3-6(5-15)4-9(14)11(8)7-1-2-10(17)16-12(7)18/h3-4,7H,1-2,5,15H2,(H,16,17,18). The molecule has 0 aromatic heterocycles. The zero-order chi connectivity index (χ0) is 13.3. The topological polar surface area (TPSA) is 72.2 Å². The average Bonchev–Trinajstić information content (AvgIpc) is 2.30. The fourth-order valence-corrected chi connectivity index (χ4v) is 2.85. The van der Waals surface area contributed by atoms with E-state index >= 15 is 0 Å². The minimum absolute atomic E-state index is 0.262. The van der Waals surface area contributed by atoms with Crippen molar-refractivity contribution in [3.63, 3.8) is 0 Å². The van der Waals surface area contributed by atoms with Gasteiger partial charge in [0.25, 0.3) is 0 Å². The predicted octanol–water partition coefficient (Wildman–Crippen LogP) is 1.97. The second-order valence-corrected chi connectivity index (χ2v) is 5.00. The van der Waals surface area contributed by atoms with Gasteiger partial charge in [0, 0.05) is 28.6 Å². The maximum absolute atomic E-state index is 11.8. The number of imide groups is 1. The van der Waals surface area contributed by atoms with Gasteiger partial charge in [-0.1, -0.05) is 23.2 Å². The molecule has 0 radical (unpaired) electrons. The van der Waals surface area contributed by atoms with E-state index in [9.17, 15) is 9.59 Å². The van der Waals surface area contributed by atoms with Crippen LogP contribution in [0.25, 0.3) is 0 Å². The summed E-state index contributed by atoms with van der Waals surface area (Å²) in [6.07, 6.45) is 0.716. The first-order valence-corrected chi connectivity index (χ1v) is 6.30. The number of benzene rings is 1. The van der Waals surface area contributed by atoms with Gasteiger partial charge in [-0.25, -0.2) is 0 Å². The van der Waals surface area contributed by atoms with E-state index in [1.54, 1.807) is 12.1 Å². The lowest BCUT2D eigenvalue weighted by Gasteiger charge is -2.23. The first-order valence-electron chi connectivity index (χ1n) is 5.54. The molecular formula is C12H12Cl2N2O2. The minimum Gasteiger partial charge on any atom is -0.326 e. The summed E-state index contributed by atoms with van der Waals surface area (Å²) in [5.74, 6) is -1.09. The van der Waals surface area contributed by atoms with Gasteiger partial charge in [0.05, 0.1) is 5.92 Å². The average molecular weight is 287 g/mol. The van der Waals surface area contributed by atoms with Gasteiger partial charge in [-0.05, 0) is 24.1 Å². The summed E-state index contributed by atoms with van der Waals surface area (Å²) < 4.78 is 0. The van der Waals surface area contributed by atoms with E-state index in [-0.39, 0.29) is 11.8 Å². The van der Waals surface area contributed by atoms with Gasteiger partial charge in [-0.3, -0.25) is 14.9 Å². The van der Waals surface area contributed by atoms with E-state index in [2.05, 4.69) is 5.32 Å². The van der Waals surface area contributed by atoms with Crippen molar-refractivity contribution < 1.29 is 9.59 Å². The third-order valence-electron chi connectivity index (χ3n) is 2.96.